The van der Waals surface area contributed by atoms with Gasteiger partial charge in [0, 0.05) is 44.3 Å². The highest BCUT2D eigenvalue weighted by Crippen LogP contribution is 2.27. The second kappa shape index (κ2) is 12.6. The Morgan fingerprint density at radius 1 is 1.08 bits per heavy atom. The Bertz CT molecular complexity index is 1330. The van der Waals surface area contributed by atoms with Crippen LogP contribution in [0.5, 0.6) is 0 Å². The van der Waals surface area contributed by atoms with E-state index in [4.69, 9.17) is 0 Å². The zero-order valence-electron chi connectivity index (χ0n) is 22.4. The summed E-state index contributed by atoms with van der Waals surface area (Å²) in [5, 5.41) is 14.2. The molecule has 12 heteroatoms. The molecule has 210 valence electrons. The van der Waals surface area contributed by atoms with Crippen LogP contribution in [0.2, 0.25) is 0 Å². The highest BCUT2D eigenvalue weighted by molar-refractivity contribution is 5.98. The Balaban J connectivity index is 1.39. The van der Waals surface area contributed by atoms with Gasteiger partial charge in [-0.25, -0.2) is 18.2 Å². The van der Waals surface area contributed by atoms with Crippen molar-refractivity contribution >= 4 is 28.4 Å². The molecule has 0 fully saturated rings. The molecule has 0 radical (unpaired) electrons. The average molecular weight is 546 g/mol. The van der Waals surface area contributed by atoms with Gasteiger partial charge in [-0.2, -0.15) is 5.10 Å². The van der Waals surface area contributed by atoms with Crippen molar-refractivity contribution in [2.24, 2.45) is 0 Å². The summed E-state index contributed by atoms with van der Waals surface area (Å²) >= 11 is 0. The zero-order valence-corrected chi connectivity index (χ0v) is 22.4. The van der Waals surface area contributed by atoms with E-state index in [9.17, 15) is 22.8 Å². The first-order valence-corrected chi connectivity index (χ1v) is 12.9. The first-order chi connectivity index (χ1) is 18.7. The van der Waals surface area contributed by atoms with Crippen LogP contribution in [0, 0.1) is 12.7 Å². The number of hydrazine groups is 1. The molecule has 2 N–H and O–H groups in total. The number of benzene rings is 2. The maximum absolute atomic E-state index is 13.5. The van der Waals surface area contributed by atoms with Gasteiger partial charge in [-0.3, -0.25) is 24.6 Å². The van der Waals surface area contributed by atoms with E-state index in [1.54, 1.807) is 30.1 Å². The van der Waals surface area contributed by atoms with Gasteiger partial charge < -0.3 is 10.2 Å². The Labute approximate surface area is 225 Å². The van der Waals surface area contributed by atoms with Crippen LogP contribution in [0.4, 0.5) is 18.9 Å². The standard InChI is InChI=1S/C27H34F3N7O2/c1-4-31-7-8-36(23-11-20-12-33-37(17-25(29)30)24(20)9-18(23)2)27(39)14-32-13-26(38)34(3)35-15-19-5-6-22(28)10-21(19)16-35/h5-6,9-12,25,31-32H,4,7-8,13-17H2,1-3H3. The molecular formula is C27H34F3N7O2. The molecule has 0 saturated heterocycles. The number of halogens is 3. The zero-order chi connectivity index (χ0) is 28.1. The molecule has 0 saturated carbocycles. The number of nitrogens with one attached hydrogen (secondary N) is 2. The molecule has 3 aromatic rings. The number of rotatable bonds is 12. The minimum atomic E-state index is -2.53. The number of anilines is 1. The third-order valence-corrected chi connectivity index (χ3v) is 6.84. The number of likely N-dealkylation sites (N-methyl/N-ethyl adjacent to an activating group) is 2. The van der Waals surface area contributed by atoms with Gasteiger partial charge in [0.1, 0.15) is 12.4 Å². The van der Waals surface area contributed by atoms with E-state index in [-0.39, 0.29) is 30.7 Å². The summed E-state index contributed by atoms with van der Waals surface area (Å²) in [4.78, 5) is 27.8. The molecule has 4 rings (SSSR count). The molecule has 1 aliphatic rings. The SMILES string of the molecule is CCNCCN(C(=O)CNCC(=O)N(C)N1Cc2ccc(F)cc2C1)c1cc2cnn(CC(F)F)c2cc1C. The van der Waals surface area contributed by atoms with E-state index in [0.717, 1.165) is 23.2 Å². The highest BCUT2D eigenvalue weighted by atomic mass is 19.3. The fourth-order valence-electron chi connectivity index (χ4n) is 4.73. The van der Waals surface area contributed by atoms with Crippen LogP contribution in [-0.4, -0.2) is 77.8 Å². The van der Waals surface area contributed by atoms with E-state index < -0.39 is 13.0 Å². The van der Waals surface area contributed by atoms with Crippen LogP contribution < -0.4 is 15.5 Å². The van der Waals surface area contributed by atoms with Crippen molar-refractivity contribution in [2.75, 3.05) is 44.7 Å². The van der Waals surface area contributed by atoms with Gasteiger partial charge in [0.25, 0.3) is 12.3 Å². The number of hydrogen-bond acceptors (Lipinski definition) is 6. The molecule has 0 bridgehead atoms. The smallest absolute Gasteiger partial charge is 0.257 e. The first kappa shape index (κ1) is 28.5. The van der Waals surface area contributed by atoms with Crippen molar-refractivity contribution in [3.63, 3.8) is 0 Å². The molecule has 2 amide bonds. The Hall–Kier alpha value is -3.48. The lowest BCUT2D eigenvalue weighted by molar-refractivity contribution is -0.145. The Morgan fingerprint density at radius 2 is 1.82 bits per heavy atom. The average Bonchev–Trinajstić information content (AvgIpc) is 3.48. The number of fused-ring (bicyclic) bond motifs is 2. The predicted octanol–water partition coefficient (Wildman–Crippen LogP) is 2.67. The van der Waals surface area contributed by atoms with E-state index in [1.807, 2.05) is 18.9 Å². The molecule has 0 spiro atoms. The minimum absolute atomic E-state index is 0.0527. The molecule has 1 aromatic heterocycles. The second-order valence-corrected chi connectivity index (χ2v) is 9.57. The topological polar surface area (TPSA) is 85.7 Å². The van der Waals surface area contributed by atoms with Crippen molar-refractivity contribution in [3.05, 3.63) is 59.0 Å². The highest BCUT2D eigenvalue weighted by Gasteiger charge is 2.26. The molecule has 9 nitrogen and oxygen atoms in total. The molecular weight excluding hydrogens is 511 g/mol. The van der Waals surface area contributed by atoms with Gasteiger partial charge in [0.2, 0.25) is 5.91 Å². The van der Waals surface area contributed by atoms with Crippen molar-refractivity contribution in [2.45, 2.75) is 39.9 Å². The number of aromatic nitrogens is 2. The van der Waals surface area contributed by atoms with E-state index in [2.05, 4.69) is 15.7 Å². The summed E-state index contributed by atoms with van der Waals surface area (Å²) in [7, 11) is 1.66. The number of carbonyl (C=O) groups is 2. The largest absolute Gasteiger partial charge is 0.315 e. The molecule has 1 aliphatic heterocycles. The van der Waals surface area contributed by atoms with Crippen LogP contribution >= 0.6 is 0 Å². The van der Waals surface area contributed by atoms with Crippen LogP contribution in [0.1, 0.15) is 23.6 Å². The second-order valence-electron chi connectivity index (χ2n) is 9.57. The lowest BCUT2D eigenvalue weighted by atomic mass is 10.1. The third kappa shape index (κ3) is 6.75. The molecule has 39 heavy (non-hydrogen) atoms. The molecule has 0 atom stereocenters. The number of carbonyl (C=O) groups excluding carboxylic acids is 2. The van der Waals surface area contributed by atoms with Crippen molar-refractivity contribution in [3.8, 4) is 0 Å². The molecule has 2 aromatic carbocycles. The fraction of sp³-hybridized carbons (Fsp3) is 0.444. The number of hydrogen-bond donors (Lipinski definition) is 2. The van der Waals surface area contributed by atoms with Crippen molar-refractivity contribution < 1.29 is 22.8 Å². The fourth-order valence-corrected chi connectivity index (χ4v) is 4.73. The summed E-state index contributed by atoms with van der Waals surface area (Å²) < 4.78 is 40.7. The monoisotopic (exact) mass is 545 g/mol. The van der Waals surface area contributed by atoms with Gasteiger partial charge in [0.05, 0.1) is 24.8 Å². The van der Waals surface area contributed by atoms with Crippen LogP contribution in [0.3, 0.4) is 0 Å². The number of alkyl halides is 2. The van der Waals surface area contributed by atoms with Gasteiger partial charge in [-0.15, -0.1) is 0 Å². The lowest BCUT2D eigenvalue weighted by Gasteiger charge is -2.28. The molecule has 2 heterocycles. The molecule has 0 aliphatic carbocycles. The normalized spacial score (nSPS) is 13.3. The molecule has 0 unspecified atom stereocenters. The maximum atomic E-state index is 13.5. The Morgan fingerprint density at radius 3 is 2.56 bits per heavy atom. The summed E-state index contributed by atoms with van der Waals surface area (Å²) in [6.07, 6.45) is -1.01. The number of nitrogens with zero attached hydrogens (tertiary/aromatic N) is 5. The van der Waals surface area contributed by atoms with Gasteiger partial charge in [0.15, 0.2) is 0 Å². The van der Waals surface area contributed by atoms with Crippen LogP contribution in [-0.2, 0) is 29.2 Å². The van der Waals surface area contributed by atoms with Gasteiger partial charge >= 0.3 is 0 Å². The van der Waals surface area contributed by atoms with Gasteiger partial charge in [-0.05, 0) is 54.4 Å². The summed E-state index contributed by atoms with van der Waals surface area (Å²) in [6.45, 7) is 5.80. The minimum Gasteiger partial charge on any atom is -0.315 e. The van der Waals surface area contributed by atoms with Crippen LogP contribution in [0.15, 0.2) is 36.5 Å². The quantitative estimate of drug-likeness (QED) is 0.341. The maximum Gasteiger partial charge on any atom is 0.257 e. The summed E-state index contributed by atoms with van der Waals surface area (Å²) in [5.74, 6) is -0.756. The summed E-state index contributed by atoms with van der Waals surface area (Å²) in [5.41, 5.74) is 3.82. The third-order valence-electron chi connectivity index (χ3n) is 6.84. The van der Waals surface area contributed by atoms with E-state index in [0.29, 0.717) is 42.8 Å². The number of amides is 2. The van der Waals surface area contributed by atoms with E-state index >= 15 is 0 Å². The first-order valence-electron chi connectivity index (χ1n) is 12.9. The number of aryl methyl sites for hydroxylation is 1. The van der Waals surface area contributed by atoms with E-state index in [1.165, 1.54) is 28.0 Å². The van der Waals surface area contributed by atoms with Crippen molar-refractivity contribution in [1.29, 1.82) is 0 Å². The van der Waals surface area contributed by atoms with Crippen molar-refractivity contribution in [1.82, 2.24) is 30.4 Å². The van der Waals surface area contributed by atoms with Crippen LogP contribution in [0.25, 0.3) is 10.9 Å². The predicted molar refractivity (Wildman–Crippen MR) is 143 cm³/mol. The summed E-state index contributed by atoms with van der Waals surface area (Å²) in [6, 6.07) is 8.17. The van der Waals surface area contributed by atoms with Gasteiger partial charge in [-0.1, -0.05) is 13.0 Å². The Kier molecular flexibility index (Phi) is 9.20. The lowest BCUT2D eigenvalue weighted by Crippen LogP contribution is -2.47.